The molecular weight excluding hydrogens is 563 g/mol. The van der Waals surface area contributed by atoms with Gasteiger partial charge in [0.1, 0.15) is 17.4 Å². The molecule has 1 amide bonds. The number of nitrogens with zero attached hydrogens (tertiary/aromatic N) is 3. The highest BCUT2D eigenvalue weighted by Gasteiger charge is 2.41. The van der Waals surface area contributed by atoms with Gasteiger partial charge >= 0.3 is 5.69 Å². The molecule has 0 spiro atoms. The second-order valence-corrected chi connectivity index (χ2v) is 12.0. The molecule has 1 saturated heterocycles. The first kappa shape index (κ1) is 27.8. The molecule has 1 aliphatic rings. The number of sulfonamides is 1. The Morgan fingerprint density at radius 1 is 1.15 bits per heavy atom. The maximum absolute atomic E-state index is 13.6. The van der Waals surface area contributed by atoms with Crippen LogP contribution in [0.1, 0.15) is 38.3 Å². The molecule has 0 unspecified atom stereocenters. The molecule has 5 rings (SSSR count). The van der Waals surface area contributed by atoms with Gasteiger partial charge in [0.15, 0.2) is 0 Å². The fraction of sp³-hybridized carbons (Fsp3) is 0.296. The minimum atomic E-state index is -4.21. The normalized spacial score (nSPS) is 16.2. The molecule has 2 aromatic carbocycles. The minimum Gasteiger partial charge on any atom is -0.443 e. The van der Waals surface area contributed by atoms with Gasteiger partial charge in [0, 0.05) is 41.8 Å². The molecule has 3 heterocycles. The maximum atomic E-state index is 13.6. The summed E-state index contributed by atoms with van der Waals surface area (Å²) in [6.45, 7) is 3.26. The van der Waals surface area contributed by atoms with Gasteiger partial charge in [-0.15, -0.1) is 0 Å². The number of amides is 1. The molecular formula is C27H26ClFN4O6S. The Morgan fingerprint density at radius 2 is 1.88 bits per heavy atom. The van der Waals surface area contributed by atoms with E-state index in [1.807, 2.05) is 0 Å². The van der Waals surface area contributed by atoms with Crippen molar-refractivity contribution in [3.8, 4) is 5.69 Å². The van der Waals surface area contributed by atoms with E-state index in [4.69, 9.17) is 16.0 Å². The summed E-state index contributed by atoms with van der Waals surface area (Å²) in [5, 5.41) is 3.05. The van der Waals surface area contributed by atoms with Crippen molar-refractivity contribution in [3.05, 3.63) is 92.0 Å². The van der Waals surface area contributed by atoms with Crippen LogP contribution in [0.2, 0.25) is 5.02 Å². The number of benzene rings is 2. The zero-order valence-electron chi connectivity index (χ0n) is 21.6. The Balaban J connectivity index is 1.41. The summed E-state index contributed by atoms with van der Waals surface area (Å²) in [5.41, 5.74) is -0.275. The standard InChI is InChI=1S/C27H26ClFN4O6S/c1-16(2)33-26(35)18(15-31(27(33)36)21-8-5-19(28)6-9-21)14-30-25(34)22-4-3-11-32(22)40(37,38)24-13-17-12-20(29)7-10-23(17)39-24/h5-10,12-13,15-16,22H,3-4,11,14H2,1-2H3,(H,30,34)/t22-/m0/s1. The smallest absolute Gasteiger partial charge is 0.335 e. The second kappa shape index (κ2) is 10.7. The van der Waals surface area contributed by atoms with Crippen molar-refractivity contribution in [2.75, 3.05) is 6.54 Å². The Morgan fingerprint density at radius 3 is 2.58 bits per heavy atom. The van der Waals surface area contributed by atoms with Gasteiger partial charge in [0.05, 0.1) is 11.3 Å². The van der Waals surface area contributed by atoms with Gasteiger partial charge in [0.25, 0.3) is 15.6 Å². The third-order valence-corrected chi connectivity index (χ3v) is 8.81. The van der Waals surface area contributed by atoms with Crippen LogP contribution in [-0.2, 0) is 21.4 Å². The summed E-state index contributed by atoms with van der Waals surface area (Å²) in [6.07, 6.45) is 2.07. The third kappa shape index (κ3) is 5.09. The van der Waals surface area contributed by atoms with E-state index in [-0.39, 0.29) is 41.1 Å². The van der Waals surface area contributed by atoms with Crippen molar-refractivity contribution in [2.24, 2.45) is 0 Å². The zero-order valence-corrected chi connectivity index (χ0v) is 23.2. The largest absolute Gasteiger partial charge is 0.443 e. The molecule has 1 atom stereocenters. The number of halogens is 2. The van der Waals surface area contributed by atoms with E-state index in [0.29, 0.717) is 17.1 Å². The molecule has 0 aliphatic carbocycles. The number of rotatable bonds is 7. The lowest BCUT2D eigenvalue weighted by atomic mass is 10.2. The number of carbonyl (C=O) groups excluding carboxylic acids is 1. The van der Waals surface area contributed by atoms with Gasteiger partial charge in [-0.25, -0.2) is 17.6 Å². The van der Waals surface area contributed by atoms with Crippen molar-refractivity contribution < 1.29 is 22.0 Å². The topological polar surface area (TPSA) is 124 Å². The van der Waals surface area contributed by atoms with Crippen LogP contribution >= 0.6 is 11.6 Å². The monoisotopic (exact) mass is 588 g/mol. The van der Waals surface area contributed by atoms with Crippen molar-refractivity contribution in [1.29, 1.82) is 0 Å². The first-order valence-electron chi connectivity index (χ1n) is 12.6. The molecule has 0 saturated carbocycles. The summed E-state index contributed by atoms with van der Waals surface area (Å²) in [4.78, 5) is 39.5. The number of furan rings is 1. The quantitative estimate of drug-likeness (QED) is 0.352. The summed E-state index contributed by atoms with van der Waals surface area (Å²) < 4.78 is 49.3. The van der Waals surface area contributed by atoms with E-state index in [0.717, 1.165) is 14.9 Å². The Bertz CT molecular complexity index is 1830. The molecule has 1 fully saturated rings. The number of aromatic nitrogens is 2. The number of nitrogens with one attached hydrogen (secondary N) is 1. The molecule has 1 N–H and O–H groups in total. The van der Waals surface area contributed by atoms with Crippen molar-refractivity contribution in [1.82, 2.24) is 18.8 Å². The molecule has 2 aromatic heterocycles. The van der Waals surface area contributed by atoms with Crippen LogP contribution in [0.4, 0.5) is 4.39 Å². The first-order chi connectivity index (χ1) is 19.0. The molecule has 10 nitrogen and oxygen atoms in total. The predicted octanol–water partition coefficient (Wildman–Crippen LogP) is 3.59. The van der Waals surface area contributed by atoms with Crippen LogP contribution in [0.5, 0.6) is 0 Å². The second-order valence-electron chi connectivity index (χ2n) is 9.79. The average Bonchev–Trinajstić information content (AvgIpc) is 3.57. The highest BCUT2D eigenvalue weighted by Crippen LogP contribution is 2.30. The van der Waals surface area contributed by atoms with Gasteiger partial charge < -0.3 is 9.73 Å². The highest BCUT2D eigenvalue weighted by molar-refractivity contribution is 7.89. The van der Waals surface area contributed by atoms with Gasteiger partial charge in [-0.1, -0.05) is 11.6 Å². The Hall–Kier alpha value is -3.74. The van der Waals surface area contributed by atoms with Crippen molar-refractivity contribution in [2.45, 2.75) is 50.4 Å². The number of hydrogen-bond acceptors (Lipinski definition) is 6. The van der Waals surface area contributed by atoms with Gasteiger partial charge in [-0.05, 0) is 69.2 Å². The lowest BCUT2D eigenvalue weighted by Gasteiger charge is -2.22. The van der Waals surface area contributed by atoms with Crippen LogP contribution in [0.15, 0.2) is 73.8 Å². The van der Waals surface area contributed by atoms with E-state index < -0.39 is 45.1 Å². The van der Waals surface area contributed by atoms with Crippen LogP contribution in [0, 0.1) is 5.82 Å². The van der Waals surface area contributed by atoms with Crippen LogP contribution in [-0.4, -0.2) is 40.4 Å². The van der Waals surface area contributed by atoms with Gasteiger partial charge in [-0.2, -0.15) is 4.31 Å². The number of hydrogen-bond donors (Lipinski definition) is 1. The Kier molecular flexibility index (Phi) is 7.42. The van der Waals surface area contributed by atoms with Gasteiger partial charge in [-0.3, -0.25) is 18.7 Å². The lowest BCUT2D eigenvalue weighted by molar-refractivity contribution is -0.124. The summed E-state index contributed by atoms with van der Waals surface area (Å²) in [7, 11) is -4.21. The SMILES string of the molecule is CC(C)n1c(=O)c(CNC(=O)[C@@H]2CCCN2S(=O)(=O)c2cc3cc(F)ccc3o2)cn(-c2ccc(Cl)cc2)c1=O. The van der Waals surface area contributed by atoms with Crippen LogP contribution in [0.3, 0.4) is 0 Å². The fourth-order valence-electron chi connectivity index (χ4n) is 4.81. The van der Waals surface area contributed by atoms with Crippen LogP contribution in [0.25, 0.3) is 16.7 Å². The highest BCUT2D eigenvalue weighted by atomic mass is 35.5. The summed E-state index contributed by atoms with van der Waals surface area (Å²) in [5.74, 6) is -1.13. The van der Waals surface area contributed by atoms with E-state index >= 15 is 0 Å². The van der Waals surface area contributed by atoms with E-state index in [2.05, 4.69) is 5.32 Å². The summed E-state index contributed by atoms with van der Waals surface area (Å²) in [6, 6.07) is 9.90. The minimum absolute atomic E-state index is 0.0907. The lowest BCUT2D eigenvalue weighted by Crippen LogP contribution is -2.47. The number of carbonyl (C=O) groups is 1. The van der Waals surface area contributed by atoms with E-state index in [1.54, 1.807) is 38.1 Å². The van der Waals surface area contributed by atoms with E-state index in [9.17, 15) is 27.2 Å². The molecule has 4 aromatic rings. The fourth-order valence-corrected chi connectivity index (χ4v) is 6.54. The van der Waals surface area contributed by atoms with Crippen molar-refractivity contribution >= 4 is 38.5 Å². The summed E-state index contributed by atoms with van der Waals surface area (Å²) >= 11 is 5.98. The third-order valence-electron chi connectivity index (χ3n) is 6.79. The van der Waals surface area contributed by atoms with Crippen LogP contribution < -0.4 is 16.6 Å². The maximum Gasteiger partial charge on any atom is 0.335 e. The van der Waals surface area contributed by atoms with Crippen molar-refractivity contribution in [3.63, 3.8) is 0 Å². The molecule has 40 heavy (non-hydrogen) atoms. The molecule has 13 heteroatoms. The number of fused-ring (bicyclic) bond motifs is 1. The average molecular weight is 589 g/mol. The van der Waals surface area contributed by atoms with Gasteiger partial charge in [0.2, 0.25) is 11.0 Å². The molecule has 0 radical (unpaired) electrons. The zero-order chi connectivity index (χ0) is 28.8. The Labute approximate surface area is 233 Å². The van der Waals surface area contributed by atoms with E-state index in [1.165, 1.54) is 29.0 Å². The first-order valence-corrected chi connectivity index (χ1v) is 14.4. The predicted molar refractivity (Wildman–Crippen MR) is 147 cm³/mol. The molecule has 1 aliphatic heterocycles. The molecule has 0 bridgehead atoms. The molecule has 210 valence electrons.